The zero-order valence-corrected chi connectivity index (χ0v) is 19.4. The first-order chi connectivity index (χ1) is 16.4. The molecule has 7 nitrogen and oxygen atoms in total. The fourth-order valence-electron chi connectivity index (χ4n) is 3.41. The predicted octanol–water partition coefficient (Wildman–Crippen LogP) is 4.89. The van der Waals surface area contributed by atoms with Crippen LogP contribution in [0.1, 0.15) is 17.1 Å². The number of hydrogen-bond donors (Lipinski definition) is 0. The number of nitriles is 1. The average Bonchev–Trinajstić information content (AvgIpc) is 3.26. The molecule has 1 aliphatic heterocycles. The molecule has 1 amide bonds. The number of piperazine rings is 1. The van der Waals surface area contributed by atoms with E-state index in [1.807, 2.05) is 11.0 Å². The van der Waals surface area contributed by atoms with Gasteiger partial charge in [0.05, 0.1) is 5.02 Å². The van der Waals surface area contributed by atoms with Gasteiger partial charge in [-0.25, -0.2) is 4.39 Å². The van der Waals surface area contributed by atoms with Crippen molar-refractivity contribution in [2.45, 2.75) is 0 Å². The quantitative estimate of drug-likeness (QED) is 0.479. The Balaban J connectivity index is 1.34. The fraction of sp³-hybridized carbons (Fsp3) is 0.208. The molecule has 0 unspecified atom stereocenters. The SMILES string of the molecule is N#Cc1nc(/C=C/c2ccc(F)cc2)oc1N1CCN(C(=O)COc2ccc(Cl)cc2Cl)CC1. The molecule has 0 saturated carbocycles. The van der Waals surface area contributed by atoms with E-state index >= 15 is 0 Å². The summed E-state index contributed by atoms with van der Waals surface area (Å²) in [6, 6.07) is 12.8. The molecule has 3 aromatic rings. The van der Waals surface area contributed by atoms with E-state index in [2.05, 4.69) is 4.98 Å². The van der Waals surface area contributed by atoms with E-state index in [0.29, 0.717) is 47.9 Å². The molecule has 1 fully saturated rings. The van der Waals surface area contributed by atoms with E-state index in [1.165, 1.54) is 12.1 Å². The number of carbonyl (C=O) groups is 1. The molecule has 1 aliphatic rings. The van der Waals surface area contributed by atoms with Crippen LogP contribution in [0.15, 0.2) is 46.9 Å². The Hall–Kier alpha value is -3.54. The van der Waals surface area contributed by atoms with Crippen molar-refractivity contribution in [1.29, 1.82) is 5.26 Å². The molecule has 10 heteroatoms. The monoisotopic (exact) mass is 500 g/mol. The molecule has 2 heterocycles. The molecule has 0 atom stereocenters. The summed E-state index contributed by atoms with van der Waals surface area (Å²) < 4.78 is 24.4. The molecular formula is C24H19Cl2FN4O3. The summed E-state index contributed by atoms with van der Waals surface area (Å²) in [6.45, 7) is 1.66. The van der Waals surface area contributed by atoms with Crippen LogP contribution in [0, 0.1) is 17.1 Å². The zero-order valence-electron chi connectivity index (χ0n) is 17.9. The third-order valence-electron chi connectivity index (χ3n) is 5.18. The van der Waals surface area contributed by atoms with Crippen molar-refractivity contribution in [3.63, 3.8) is 0 Å². The van der Waals surface area contributed by atoms with Crippen molar-refractivity contribution in [2.24, 2.45) is 0 Å². The van der Waals surface area contributed by atoms with Crippen LogP contribution < -0.4 is 9.64 Å². The molecular weight excluding hydrogens is 482 g/mol. The van der Waals surface area contributed by atoms with Gasteiger partial charge in [0, 0.05) is 37.3 Å². The summed E-state index contributed by atoms with van der Waals surface area (Å²) in [5, 5.41) is 10.3. The van der Waals surface area contributed by atoms with Crippen molar-refractivity contribution < 1.29 is 18.3 Å². The van der Waals surface area contributed by atoms with Gasteiger partial charge in [-0.05, 0) is 42.0 Å². The van der Waals surface area contributed by atoms with Crippen LogP contribution in [-0.4, -0.2) is 48.6 Å². The number of halogens is 3. The second kappa shape index (κ2) is 10.6. The molecule has 0 N–H and O–H groups in total. The molecule has 34 heavy (non-hydrogen) atoms. The molecule has 2 aromatic carbocycles. The summed E-state index contributed by atoms with van der Waals surface area (Å²) in [7, 11) is 0. The van der Waals surface area contributed by atoms with Crippen molar-refractivity contribution in [1.82, 2.24) is 9.88 Å². The fourth-order valence-corrected chi connectivity index (χ4v) is 3.87. The Morgan fingerprint density at radius 3 is 2.56 bits per heavy atom. The first-order valence-electron chi connectivity index (χ1n) is 10.4. The topological polar surface area (TPSA) is 82.6 Å². The van der Waals surface area contributed by atoms with Gasteiger partial charge in [0.15, 0.2) is 6.61 Å². The Labute approximate surface area is 205 Å². The van der Waals surface area contributed by atoms with Crippen LogP contribution in [0.3, 0.4) is 0 Å². The number of hydrogen-bond acceptors (Lipinski definition) is 6. The van der Waals surface area contributed by atoms with Crippen LogP contribution in [0.4, 0.5) is 10.3 Å². The van der Waals surface area contributed by atoms with Gasteiger partial charge in [-0.2, -0.15) is 10.2 Å². The molecule has 0 aliphatic carbocycles. The van der Waals surface area contributed by atoms with E-state index in [4.69, 9.17) is 32.4 Å². The Morgan fingerprint density at radius 1 is 1.15 bits per heavy atom. The van der Waals surface area contributed by atoms with Crippen molar-refractivity contribution in [3.05, 3.63) is 75.5 Å². The standard InChI is InChI=1S/C24H19Cl2FN4O3/c25-17-4-7-21(19(26)13-17)33-15-23(32)30-9-11-31(12-10-30)24-20(14-28)29-22(34-24)8-3-16-1-5-18(27)6-2-16/h1-8,13H,9-12,15H2/b8-3+. The second-order valence-electron chi connectivity index (χ2n) is 7.43. The van der Waals surface area contributed by atoms with Crippen LogP contribution in [-0.2, 0) is 4.79 Å². The van der Waals surface area contributed by atoms with E-state index in [1.54, 1.807) is 47.4 Å². The first-order valence-corrected chi connectivity index (χ1v) is 11.1. The van der Waals surface area contributed by atoms with E-state index < -0.39 is 0 Å². The lowest BCUT2D eigenvalue weighted by molar-refractivity contribution is -0.133. The Kier molecular flexibility index (Phi) is 7.36. The lowest BCUT2D eigenvalue weighted by Gasteiger charge is -2.34. The highest BCUT2D eigenvalue weighted by atomic mass is 35.5. The molecule has 174 valence electrons. The summed E-state index contributed by atoms with van der Waals surface area (Å²) in [5.41, 5.74) is 0.938. The lowest BCUT2D eigenvalue weighted by Crippen LogP contribution is -2.50. The van der Waals surface area contributed by atoms with Gasteiger partial charge in [-0.3, -0.25) is 4.79 Å². The molecule has 4 rings (SSSR count). The Morgan fingerprint density at radius 2 is 1.88 bits per heavy atom. The van der Waals surface area contributed by atoms with Crippen LogP contribution in [0.5, 0.6) is 5.75 Å². The minimum atomic E-state index is -0.319. The number of anilines is 1. The maximum absolute atomic E-state index is 13.0. The average molecular weight is 501 g/mol. The largest absolute Gasteiger partial charge is 0.482 e. The van der Waals surface area contributed by atoms with Crippen molar-refractivity contribution in [3.8, 4) is 11.8 Å². The molecule has 0 bridgehead atoms. The number of carbonyl (C=O) groups excluding carboxylic acids is 1. The second-order valence-corrected chi connectivity index (χ2v) is 8.28. The molecule has 1 aromatic heterocycles. The number of aromatic nitrogens is 1. The molecule has 0 spiro atoms. The number of benzene rings is 2. The van der Waals surface area contributed by atoms with Gasteiger partial charge in [0.1, 0.15) is 17.6 Å². The third-order valence-corrected chi connectivity index (χ3v) is 5.72. The van der Waals surface area contributed by atoms with Gasteiger partial charge in [0.2, 0.25) is 17.5 Å². The summed E-state index contributed by atoms with van der Waals surface area (Å²) >= 11 is 11.9. The number of amides is 1. The maximum atomic E-state index is 13.0. The summed E-state index contributed by atoms with van der Waals surface area (Å²) in [4.78, 5) is 20.3. The van der Waals surface area contributed by atoms with Gasteiger partial charge in [-0.15, -0.1) is 0 Å². The minimum Gasteiger partial charge on any atom is -0.482 e. The molecule has 1 saturated heterocycles. The van der Waals surface area contributed by atoms with Gasteiger partial charge < -0.3 is 19.0 Å². The van der Waals surface area contributed by atoms with Gasteiger partial charge in [0.25, 0.3) is 5.91 Å². The summed E-state index contributed by atoms with van der Waals surface area (Å²) in [5.74, 6) is 0.520. The smallest absolute Gasteiger partial charge is 0.260 e. The van der Waals surface area contributed by atoms with E-state index in [9.17, 15) is 14.4 Å². The third kappa shape index (κ3) is 5.68. The highest BCUT2D eigenvalue weighted by Crippen LogP contribution is 2.28. The Bertz CT molecular complexity index is 1250. The van der Waals surface area contributed by atoms with Crippen LogP contribution in [0.25, 0.3) is 12.2 Å². The highest BCUT2D eigenvalue weighted by molar-refractivity contribution is 6.35. The van der Waals surface area contributed by atoms with Gasteiger partial charge >= 0.3 is 0 Å². The maximum Gasteiger partial charge on any atom is 0.260 e. The van der Waals surface area contributed by atoms with E-state index in [-0.39, 0.29) is 29.9 Å². The van der Waals surface area contributed by atoms with Crippen LogP contribution >= 0.6 is 23.2 Å². The van der Waals surface area contributed by atoms with Crippen LogP contribution in [0.2, 0.25) is 10.0 Å². The molecule has 0 radical (unpaired) electrons. The van der Waals surface area contributed by atoms with Crippen molar-refractivity contribution in [2.75, 3.05) is 37.7 Å². The number of oxazole rings is 1. The normalized spacial score (nSPS) is 13.8. The lowest BCUT2D eigenvalue weighted by atomic mass is 10.2. The number of ether oxygens (including phenoxy) is 1. The van der Waals surface area contributed by atoms with Gasteiger partial charge in [-0.1, -0.05) is 35.3 Å². The minimum absolute atomic E-state index is 0.147. The summed E-state index contributed by atoms with van der Waals surface area (Å²) in [6.07, 6.45) is 3.34. The number of rotatable bonds is 6. The first kappa shape index (κ1) is 23.6. The zero-order chi connectivity index (χ0) is 24.1. The van der Waals surface area contributed by atoms with Crippen molar-refractivity contribution >= 4 is 47.1 Å². The van der Waals surface area contributed by atoms with E-state index in [0.717, 1.165) is 5.56 Å². The highest BCUT2D eigenvalue weighted by Gasteiger charge is 2.26. The predicted molar refractivity (Wildman–Crippen MR) is 127 cm³/mol. The number of nitrogens with zero attached hydrogens (tertiary/aromatic N) is 4.